The lowest BCUT2D eigenvalue weighted by molar-refractivity contribution is 0.0432. The van der Waals surface area contributed by atoms with Crippen LogP contribution in [0, 0.1) is 10.8 Å². The lowest BCUT2D eigenvalue weighted by Gasteiger charge is -2.46. The highest BCUT2D eigenvalue weighted by atomic mass is 15.1. The molecule has 1 N–H and O–H groups in total. The van der Waals surface area contributed by atoms with Crippen LogP contribution < -0.4 is 5.32 Å². The Morgan fingerprint density at radius 3 is 2.30 bits per heavy atom. The molecule has 0 bridgehead atoms. The molecule has 3 fully saturated rings. The lowest BCUT2D eigenvalue weighted by atomic mass is 9.68. The van der Waals surface area contributed by atoms with Crippen molar-refractivity contribution >= 4 is 0 Å². The van der Waals surface area contributed by atoms with E-state index in [0.717, 1.165) is 5.41 Å². The van der Waals surface area contributed by atoms with Gasteiger partial charge in [-0.05, 0) is 69.0 Å². The third-order valence-electron chi connectivity index (χ3n) is 6.50. The Kier molecular flexibility index (Phi) is 4.72. The van der Waals surface area contributed by atoms with E-state index in [1.807, 2.05) is 0 Å². The molecule has 2 heteroatoms. The highest BCUT2D eigenvalue weighted by Gasteiger charge is 2.39. The number of nitrogens with one attached hydrogen (secondary N) is 1. The van der Waals surface area contributed by atoms with Crippen molar-refractivity contribution in [3.05, 3.63) is 0 Å². The molecular weight excluding hydrogens is 244 g/mol. The van der Waals surface area contributed by atoms with Crippen molar-refractivity contribution in [2.24, 2.45) is 10.8 Å². The van der Waals surface area contributed by atoms with Crippen LogP contribution in [0.2, 0.25) is 0 Å². The zero-order valence-corrected chi connectivity index (χ0v) is 13.6. The molecule has 116 valence electrons. The summed E-state index contributed by atoms with van der Waals surface area (Å²) in [6.07, 6.45) is 14.7. The van der Waals surface area contributed by atoms with Crippen molar-refractivity contribution in [3.8, 4) is 0 Å². The summed E-state index contributed by atoms with van der Waals surface area (Å²) in [5, 5.41) is 3.62. The van der Waals surface area contributed by atoms with E-state index in [9.17, 15) is 0 Å². The maximum Gasteiger partial charge on any atom is 0.00506 e. The predicted octanol–water partition coefficient (Wildman–Crippen LogP) is 3.81. The molecular formula is C18H34N2. The molecule has 1 saturated carbocycles. The van der Waals surface area contributed by atoms with Crippen LogP contribution >= 0.6 is 0 Å². The van der Waals surface area contributed by atoms with E-state index < -0.39 is 0 Å². The van der Waals surface area contributed by atoms with Crippen molar-refractivity contribution in [3.63, 3.8) is 0 Å². The molecule has 0 amide bonds. The molecule has 0 aromatic carbocycles. The van der Waals surface area contributed by atoms with Crippen molar-refractivity contribution in [1.82, 2.24) is 10.2 Å². The zero-order chi connectivity index (χ0) is 13.9. The van der Waals surface area contributed by atoms with Crippen LogP contribution in [0.15, 0.2) is 0 Å². The monoisotopic (exact) mass is 278 g/mol. The minimum Gasteiger partial charge on any atom is -0.316 e. The summed E-state index contributed by atoms with van der Waals surface area (Å²) in [5.41, 5.74) is 1.37. The van der Waals surface area contributed by atoms with Crippen molar-refractivity contribution in [1.29, 1.82) is 0 Å². The van der Waals surface area contributed by atoms with Gasteiger partial charge < -0.3 is 10.2 Å². The van der Waals surface area contributed by atoms with Gasteiger partial charge in [0.1, 0.15) is 0 Å². The van der Waals surface area contributed by atoms with Crippen molar-refractivity contribution in [2.75, 3.05) is 32.7 Å². The quantitative estimate of drug-likeness (QED) is 0.841. The van der Waals surface area contributed by atoms with Gasteiger partial charge in [-0.25, -0.2) is 0 Å². The second-order valence-electron chi connectivity index (χ2n) is 8.01. The van der Waals surface area contributed by atoms with Crippen LogP contribution in [-0.2, 0) is 0 Å². The molecule has 1 unspecified atom stereocenters. The van der Waals surface area contributed by atoms with Crippen molar-refractivity contribution < 1.29 is 0 Å². The van der Waals surface area contributed by atoms with Gasteiger partial charge in [0.2, 0.25) is 0 Å². The van der Waals surface area contributed by atoms with Gasteiger partial charge in [0.05, 0.1) is 0 Å². The van der Waals surface area contributed by atoms with Crippen LogP contribution in [0.1, 0.15) is 71.1 Å². The third kappa shape index (κ3) is 3.22. The smallest absolute Gasteiger partial charge is 0.00506 e. The van der Waals surface area contributed by atoms with Crippen molar-refractivity contribution in [2.45, 2.75) is 71.1 Å². The van der Waals surface area contributed by atoms with Gasteiger partial charge >= 0.3 is 0 Å². The highest BCUT2D eigenvalue weighted by Crippen LogP contribution is 2.45. The summed E-state index contributed by atoms with van der Waals surface area (Å²) >= 11 is 0. The molecule has 2 nitrogen and oxygen atoms in total. The summed E-state index contributed by atoms with van der Waals surface area (Å²) in [6.45, 7) is 8.99. The topological polar surface area (TPSA) is 15.3 Å². The third-order valence-corrected chi connectivity index (χ3v) is 6.50. The van der Waals surface area contributed by atoms with Crippen LogP contribution in [0.25, 0.3) is 0 Å². The molecule has 2 saturated heterocycles. The Morgan fingerprint density at radius 1 is 0.950 bits per heavy atom. The molecule has 2 heterocycles. The van der Waals surface area contributed by atoms with Crippen LogP contribution in [0.4, 0.5) is 0 Å². The van der Waals surface area contributed by atoms with E-state index in [4.69, 9.17) is 0 Å². The van der Waals surface area contributed by atoms with E-state index in [2.05, 4.69) is 17.1 Å². The fourth-order valence-electron chi connectivity index (χ4n) is 5.21. The van der Waals surface area contributed by atoms with Gasteiger partial charge in [-0.15, -0.1) is 0 Å². The Bertz CT molecular complexity index is 291. The molecule has 1 atom stereocenters. The van der Waals surface area contributed by atoms with E-state index in [1.54, 1.807) is 0 Å². The maximum absolute atomic E-state index is 3.62. The molecule has 20 heavy (non-hydrogen) atoms. The Balaban J connectivity index is 1.52. The number of hydrogen-bond acceptors (Lipinski definition) is 2. The summed E-state index contributed by atoms with van der Waals surface area (Å²) in [7, 11) is 0. The van der Waals surface area contributed by atoms with Gasteiger partial charge in [0.15, 0.2) is 0 Å². The first kappa shape index (κ1) is 14.8. The summed E-state index contributed by atoms with van der Waals surface area (Å²) in [6, 6.07) is 0. The van der Waals surface area contributed by atoms with Gasteiger partial charge in [0, 0.05) is 13.1 Å². The van der Waals surface area contributed by atoms with Gasteiger partial charge in [0.25, 0.3) is 0 Å². The number of nitrogens with zero attached hydrogens (tertiary/aromatic N) is 1. The molecule has 0 radical (unpaired) electrons. The Morgan fingerprint density at radius 2 is 1.70 bits per heavy atom. The molecule has 0 aromatic rings. The van der Waals surface area contributed by atoms with E-state index in [0.29, 0.717) is 5.41 Å². The second-order valence-corrected chi connectivity index (χ2v) is 8.01. The summed E-state index contributed by atoms with van der Waals surface area (Å²) in [5.74, 6) is 0. The Labute approximate surface area is 125 Å². The normalized spacial score (nSPS) is 34.6. The van der Waals surface area contributed by atoms with Gasteiger partial charge in [-0.3, -0.25) is 0 Å². The Hall–Kier alpha value is -0.0800. The SMILES string of the molecule is CCCC1(CN2CCC3(CCCCC3)CC2)CCNC1. The number of likely N-dealkylation sites (tertiary alicyclic amines) is 1. The minimum atomic E-state index is 0.603. The lowest BCUT2D eigenvalue weighted by Crippen LogP contribution is -2.46. The van der Waals surface area contributed by atoms with Crippen LogP contribution in [-0.4, -0.2) is 37.6 Å². The predicted molar refractivity (Wildman–Crippen MR) is 86.0 cm³/mol. The average Bonchev–Trinajstić information content (AvgIpc) is 2.92. The first-order valence-electron chi connectivity index (χ1n) is 9.19. The van der Waals surface area contributed by atoms with E-state index in [1.165, 1.54) is 96.9 Å². The molecule has 3 rings (SSSR count). The van der Waals surface area contributed by atoms with Crippen LogP contribution in [0.3, 0.4) is 0 Å². The molecule has 2 aliphatic heterocycles. The first-order chi connectivity index (χ1) is 9.76. The fourth-order valence-corrected chi connectivity index (χ4v) is 5.21. The number of hydrogen-bond donors (Lipinski definition) is 1. The molecule has 1 spiro atoms. The fraction of sp³-hybridized carbons (Fsp3) is 1.00. The number of piperidine rings is 1. The largest absolute Gasteiger partial charge is 0.316 e. The average molecular weight is 278 g/mol. The highest BCUT2D eigenvalue weighted by molar-refractivity contribution is 4.94. The van der Waals surface area contributed by atoms with E-state index in [-0.39, 0.29) is 0 Å². The molecule has 3 aliphatic rings. The minimum absolute atomic E-state index is 0.603. The van der Waals surface area contributed by atoms with Crippen LogP contribution in [0.5, 0.6) is 0 Å². The maximum atomic E-state index is 3.62. The zero-order valence-electron chi connectivity index (χ0n) is 13.6. The molecule has 1 aliphatic carbocycles. The summed E-state index contributed by atoms with van der Waals surface area (Å²) < 4.78 is 0. The standard InChI is InChI=1S/C18H34N2/c1-2-6-18(9-12-19-15-18)16-20-13-10-17(11-14-20)7-4-3-5-8-17/h19H,2-16H2,1H3. The summed E-state index contributed by atoms with van der Waals surface area (Å²) in [4.78, 5) is 2.81. The molecule has 0 aromatic heterocycles. The van der Waals surface area contributed by atoms with Gasteiger partial charge in [-0.1, -0.05) is 32.6 Å². The van der Waals surface area contributed by atoms with Gasteiger partial charge in [-0.2, -0.15) is 0 Å². The second kappa shape index (κ2) is 6.36. The van der Waals surface area contributed by atoms with E-state index >= 15 is 0 Å². The first-order valence-corrected chi connectivity index (χ1v) is 9.19. The number of rotatable bonds is 4.